The molecule has 0 aromatic heterocycles. The van der Waals surface area contributed by atoms with Crippen LogP contribution < -0.4 is 5.32 Å². The van der Waals surface area contributed by atoms with Crippen molar-refractivity contribution in [2.75, 3.05) is 5.32 Å². The highest BCUT2D eigenvalue weighted by Gasteiger charge is 2.11. The zero-order valence-corrected chi connectivity index (χ0v) is 10.6. The highest BCUT2D eigenvalue weighted by molar-refractivity contribution is 5.64. The highest BCUT2D eigenvalue weighted by Crippen LogP contribution is 2.25. The molecule has 0 aliphatic rings. The Hall–Kier alpha value is -2.94. The van der Waals surface area contributed by atoms with Crippen LogP contribution in [0.5, 0.6) is 0 Å². The normalized spacial score (nSPS) is 9.85. The number of nitrogens with one attached hydrogen (secondary N) is 1. The predicted octanol–water partition coefficient (Wildman–Crippen LogP) is 3.66. The molecule has 0 amide bonds. The largest absolute Gasteiger partial charge is 0.355 e. The fourth-order valence-corrected chi connectivity index (χ4v) is 1.73. The quantitative estimate of drug-likeness (QED) is 0.682. The number of hydrogen-bond donors (Lipinski definition) is 1. The Kier molecular flexibility index (Phi) is 3.62. The maximum absolute atomic E-state index is 13.5. The third-order valence-electron chi connectivity index (χ3n) is 2.78. The van der Waals surface area contributed by atoms with Gasteiger partial charge >= 0.3 is 0 Å². The van der Waals surface area contributed by atoms with Crippen LogP contribution in [0.3, 0.4) is 0 Å². The molecule has 0 atom stereocenters. The van der Waals surface area contributed by atoms with Gasteiger partial charge in [-0.15, -0.1) is 0 Å². The molecule has 0 heterocycles. The number of aryl methyl sites for hydroxylation is 1. The Labute approximate surface area is 114 Å². The maximum Gasteiger partial charge on any atom is 0.274 e. The van der Waals surface area contributed by atoms with Crippen LogP contribution in [-0.4, -0.2) is 4.92 Å². The number of anilines is 2. The summed E-state index contributed by atoms with van der Waals surface area (Å²) in [6.45, 7) is 1.64. The van der Waals surface area contributed by atoms with E-state index in [1.807, 2.05) is 0 Å². The van der Waals surface area contributed by atoms with E-state index < -0.39 is 10.7 Å². The molecule has 1 N–H and O–H groups in total. The molecule has 5 nitrogen and oxygen atoms in total. The molecule has 20 heavy (non-hydrogen) atoms. The van der Waals surface area contributed by atoms with Gasteiger partial charge in [-0.25, -0.2) is 4.39 Å². The first-order valence-electron chi connectivity index (χ1n) is 5.73. The summed E-state index contributed by atoms with van der Waals surface area (Å²) in [5, 5.41) is 22.4. The van der Waals surface area contributed by atoms with E-state index in [1.54, 1.807) is 25.1 Å². The molecule has 0 radical (unpaired) electrons. The number of rotatable bonds is 3. The molecule has 2 rings (SSSR count). The monoisotopic (exact) mass is 271 g/mol. The molecule has 0 fully saturated rings. The van der Waals surface area contributed by atoms with Gasteiger partial charge in [0, 0.05) is 23.0 Å². The molecular weight excluding hydrogens is 261 g/mol. The van der Waals surface area contributed by atoms with Gasteiger partial charge in [-0.2, -0.15) is 5.26 Å². The number of nitriles is 1. The lowest BCUT2D eigenvalue weighted by molar-refractivity contribution is -0.385. The van der Waals surface area contributed by atoms with E-state index in [-0.39, 0.29) is 11.3 Å². The van der Waals surface area contributed by atoms with Crippen LogP contribution in [0.25, 0.3) is 0 Å². The van der Waals surface area contributed by atoms with Crippen LogP contribution in [0.4, 0.5) is 21.5 Å². The molecule has 0 saturated carbocycles. The molecule has 0 aliphatic heterocycles. The van der Waals surface area contributed by atoms with Gasteiger partial charge in [-0.3, -0.25) is 10.1 Å². The Bertz CT molecular complexity index is 723. The SMILES string of the molecule is Cc1ccc(Nc2ccc(C#N)c(F)c2)cc1[N+](=O)[O-]. The summed E-state index contributed by atoms with van der Waals surface area (Å²) in [4.78, 5) is 10.4. The van der Waals surface area contributed by atoms with Gasteiger partial charge in [0.1, 0.15) is 11.9 Å². The van der Waals surface area contributed by atoms with Crippen LogP contribution in [0.2, 0.25) is 0 Å². The molecular formula is C14H10FN3O2. The first kappa shape index (κ1) is 13.5. The van der Waals surface area contributed by atoms with Gasteiger partial charge in [0.2, 0.25) is 0 Å². The zero-order chi connectivity index (χ0) is 14.7. The van der Waals surface area contributed by atoms with Crippen molar-refractivity contribution in [2.45, 2.75) is 6.92 Å². The summed E-state index contributed by atoms with van der Waals surface area (Å²) in [5.41, 5.74) is 1.38. The minimum Gasteiger partial charge on any atom is -0.355 e. The molecule has 2 aromatic carbocycles. The van der Waals surface area contributed by atoms with E-state index in [4.69, 9.17) is 5.26 Å². The summed E-state index contributed by atoms with van der Waals surface area (Å²) in [7, 11) is 0. The molecule has 0 bridgehead atoms. The molecule has 6 heteroatoms. The molecule has 100 valence electrons. The van der Waals surface area contributed by atoms with Crippen molar-refractivity contribution in [2.24, 2.45) is 0 Å². The predicted molar refractivity (Wildman–Crippen MR) is 72.2 cm³/mol. The lowest BCUT2D eigenvalue weighted by Crippen LogP contribution is -1.96. The Morgan fingerprint density at radius 2 is 1.90 bits per heavy atom. The average Bonchev–Trinajstić information content (AvgIpc) is 2.41. The third-order valence-corrected chi connectivity index (χ3v) is 2.78. The van der Waals surface area contributed by atoms with Crippen LogP contribution in [-0.2, 0) is 0 Å². The molecule has 0 aliphatic carbocycles. The number of nitro groups is 1. The fraction of sp³-hybridized carbons (Fsp3) is 0.0714. The number of benzene rings is 2. The Morgan fingerprint density at radius 3 is 2.50 bits per heavy atom. The summed E-state index contributed by atoms with van der Waals surface area (Å²) in [6.07, 6.45) is 0. The maximum atomic E-state index is 13.5. The van der Waals surface area contributed by atoms with Crippen molar-refractivity contribution in [3.05, 3.63) is 63.5 Å². The van der Waals surface area contributed by atoms with Gasteiger partial charge in [-0.05, 0) is 31.2 Å². The number of hydrogen-bond acceptors (Lipinski definition) is 4. The number of nitro benzene ring substituents is 1. The first-order chi connectivity index (χ1) is 9.51. The Morgan fingerprint density at radius 1 is 1.25 bits per heavy atom. The van der Waals surface area contributed by atoms with Gasteiger partial charge in [0.25, 0.3) is 5.69 Å². The van der Waals surface area contributed by atoms with Crippen molar-refractivity contribution in [3.63, 3.8) is 0 Å². The van der Waals surface area contributed by atoms with Crippen molar-refractivity contribution in [3.8, 4) is 6.07 Å². The average molecular weight is 271 g/mol. The van der Waals surface area contributed by atoms with Crippen LogP contribution in [0.15, 0.2) is 36.4 Å². The zero-order valence-electron chi connectivity index (χ0n) is 10.6. The summed E-state index contributed by atoms with van der Waals surface area (Å²) in [5.74, 6) is -0.640. The smallest absolute Gasteiger partial charge is 0.274 e. The van der Waals surface area contributed by atoms with Crippen molar-refractivity contribution in [1.82, 2.24) is 0 Å². The topological polar surface area (TPSA) is 79.0 Å². The second-order valence-electron chi connectivity index (χ2n) is 4.19. The van der Waals surface area contributed by atoms with Crippen LogP contribution >= 0.6 is 0 Å². The van der Waals surface area contributed by atoms with Crippen LogP contribution in [0, 0.1) is 34.2 Å². The standard InChI is InChI=1S/C14H10FN3O2/c1-9-2-4-12(7-14(9)18(19)20)17-11-5-3-10(8-16)13(15)6-11/h2-7,17H,1H3. The van der Waals surface area contributed by atoms with E-state index in [0.717, 1.165) is 0 Å². The summed E-state index contributed by atoms with van der Waals surface area (Å²) >= 11 is 0. The molecule has 0 spiro atoms. The highest BCUT2D eigenvalue weighted by atomic mass is 19.1. The van der Waals surface area contributed by atoms with E-state index in [9.17, 15) is 14.5 Å². The van der Waals surface area contributed by atoms with Gasteiger partial charge in [-0.1, -0.05) is 6.07 Å². The summed E-state index contributed by atoms with van der Waals surface area (Å²) < 4.78 is 13.5. The second-order valence-corrected chi connectivity index (χ2v) is 4.19. The van der Waals surface area contributed by atoms with Crippen molar-refractivity contribution < 1.29 is 9.31 Å². The van der Waals surface area contributed by atoms with E-state index in [2.05, 4.69) is 5.32 Å². The first-order valence-corrected chi connectivity index (χ1v) is 5.73. The van der Waals surface area contributed by atoms with Gasteiger partial charge in [0.05, 0.1) is 10.5 Å². The minimum atomic E-state index is -0.640. The van der Waals surface area contributed by atoms with E-state index >= 15 is 0 Å². The van der Waals surface area contributed by atoms with E-state index in [1.165, 1.54) is 24.3 Å². The van der Waals surface area contributed by atoms with Crippen molar-refractivity contribution >= 4 is 17.1 Å². The van der Waals surface area contributed by atoms with Crippen molar-refractivity contribution in [1.29, 1.82) is 5.26 Å². The third kappa shape index (κ3) is 2.72. The van der Waals surface area contributed by atoms with Crippen LogP contribution in [0.1, 0.15) is 11.1 Å². The van der Waals surface area contributed by atoms with E-state index in [0.29, 0.717) is 16.9 Å². The number of halogens is 1. The molecule has 0 saturated heterocycles. The lowest BCUT2D eigenvalue weighted by atomic mass is 10.1. The van der Waals surface area contributed by atoms with Gasteiger partial charge in [0.15, 0.2) is 0 Å². The molecule has 2 aromatic rings. The second kappa shape index (κ2) is 5.36. The van der Waals surface area contributed by atoms with Gasteiger partial charge < -0.3 is 5.32 Å². The summed E-state index contributed by atoms with van der Waals surface area (Å²) in [6, 6.07) is 10.4. The Balaban J connectivity index is 2.31. The lowest BCUT2D eigenvalue weighted by Gasteiger charge is -2.07. The minimum absolute atomic E-state index is 0.0101. The number of nitrogens with zero attached hydrogens (tertiary/aromatic N) is 2. The molecule has 0 unspecified atom stereocenters. The fourth-order valence-electron chi connectivity index (χ4n) is 1.73.